The summed E-state index contributed by atoms with van der Waals surface area (Å²) in [5, 5.41) is 0. The van der Waals surface area contributed by atoms with Gasteiger partial charge in [0.1, 0.15) is 5.82 Å². The lowest BCUT2D eigenvalue weighted by Crippen LogP contribution is -2.13. The lowest BCUT2D eigenvalue weighted by Gasteiger charge is -2.10. The maximum absolute atomic E-state index is 13.4. The van der Waals surface area contributed by atoms with Crippen LogP contribution >= 0.6 is 15.9 Å². The maximum Gasteiger partial charge on any atom is 0.261 e. The lowest BCUT2D eigenvalue weighted by molar-refractivity contribution is 0.593. The van der Waals surface area contributed by atoms with Gasteiger partial charge in [-0.15, -0.1) is 0 Å². The molecule has 0 saturated carbocycles. The van der Waals surface area contributed by atoms with Crippen LogP contribution in [-0.4, -0.2) is 8.42 Å². The predicted molar refractivity (Wildman–Crippen MR) is 80.8 cm³/mol. The Bertz CT molecular complexity index is 740. The number of halogens is 2. The third-order valence-electron chi connectivity index (χ3n) is 2.68. The van der Waals surface area contributed by atoms with Gasteiger partial charge in [0, 0.05) is 5.69 Å². The Morgan fingerprint density at radius 2 is 1.65 bits per heavy atom. The van der Waals surface area contributed by atoms with E-state index in [0.717, 1.165) is 17.2 Å². The monoisotopic (exact) mass is 357 g/mol. The minimum atomic E-state index is -3.80. The van der Waals surface area contributed by atoms with Gasteiger partial charge in [-0.2, -0.15) is 0 Å². The highest BCUT2D eigenvalue weighted by atomic mass is 79.9. The second-order valence-corrected chi connectivity index (χ2v) is 7.09. The number of anilines is 1. The molecular weight excluding hydrogens is 345 g/mol. The van der Waals surface area contributed by atoms with Crippen LogP contribution < -0.4 is 4.72 Å². The molecule has 0 aromatic heterocycles. The summed E-state index contributed by atoms with van der Waals surface area (Å²) < 4.78 is 40.5. The molecule has 2 aromatic carbocycles. The summed E-state index contributed by atoms with van der Waals surface area (Å²) in [6.45, 7) is 3.76. The molecule has 3 nitrogen and oxygen atoms in total. The Balaban J connectivity index is 2.37. The molecule has 20 heavy (non-hydrogen) atoms. The molecule has 0 atom stereocenters. The Morgan fingerprint density at radius 1 is 1.05 bits per heavy atom. The van der Waals surface area contributed by atoms with Crippen molar-refractivity contribution in [3.63, 3.8) is 0 Å². The van der Waals surface area contributed by atoms with Crippen molar-refractivity contribution in [2.45, 2.75) is 18.7 Å². The summed E-state index contributed by atoms with van der Waals surface area (Å²) >= 11 is 2.99. The molecule has 6 heteroatoms. The van der Waals surface area contributed by atoms with Crippen molar-refractivity contribution in [3.8, 4) is 0 Å². The number of sulfonamides is 1. The van der Waals surface area contributed by atoms with E-state index in [0.29, 0.717) is 5.69 Å². The van der Waals surface area contributed by atoms with E-state index in [9.17, 15) is 12.8 Å². The molecule has 0 aliphatic heterocycles. The SMILES string of the molecule is Cc1cc(C)cc(NS(=O)(=O)c2ccc(Br)c(F)c2)c1. The summed E-state index contributed by atoms with van der Waals surface area (Å²) in [7, 11) is -3.80. The van der Waals surface area contributed by atoms with Crippen LogP contribution in [0, 0.1) is 19.7 Å². The molecule has 0 aliphatic rings. The van der Waals surface area contributed by atoms with Gasteiger partial charge in [-0.05, 0) is 71.2 Å². The smallest absolute Gasteiger partial charge is 0.261 e. The third kappa shape index (κ3) is 3.37. The average Bonchev–Trinajstić information content (AvgIpc) is 2.30. The first-order valence-corrected chi connectivity index (χ1v) is 8.12. The minimum Gasteiger partial charge on any atom is -0.280 e. The molecule has 0 spiro atoms. The third-order valence-corrected chi connectivity index (χ3v) is 4.70. The van der Waals surface area contributed by atoms with Crippen molar-refractivity contribution in [3.05, 3.63) is 57.8 Å². The van der Waals surface area contributed by atoms with E-state index >= 15 is 0 Å². The second-order valence-electron chi connectivity index (χ2n) is 4.56. The Hall–Kier alpha value is -1.40. The summed E-state index contributed by atoms with van der Waals surface area (Å²) in [6, 6.07) is 9.08. The van der Waals surface area contributed by atoms with Gasteiger partial charge in [0.25, 0.3) is 10.0 Å². The van der Waals surface area contributed by atoms with Gasteiger partial charge in [-0.25, -0.2) is 12.8 Å². The first kappa shape index (κ1) is 15.0. The quantitative estimate of drug-likeness (QED) is 0.901. The summed E-state index contributed by atoms with van der Waals surface area (Å²) in [6.07, 6.45) is 0. The Kier molecular flexibility index (Phi) is 4.15. The van der Waals surface area contributed by atoms with E-state index in [-0.39, 0.29) is 9.37 Å². The van der Waals surface area contributed by atoms with Crippen molar-refractivity contribution < 1.29 is 12.8 Å². The molecule has 0 heterocycles. The van der Waals surface area contributed by atoms with Crippen LogP contribution in [0.5, 0.6) is 0 Å². The number of hydrogen-bond acceptors (Lipinski definition) is 2. The van der Waals surface area contributed by atoms with E-state index in [1.54, 1.807) is 12.1 Å². The lowest BCUT2D eigenvalue weighted by atomic mass is 10.1. The fraction of sp³-hybridized carbons (Fsp3) is 0.143. The van der Waals surface area contributed by atoms with Gasteiger partial charge >= 0.3 is 0 Å². The van der Waals surface area contributed by atoms with E-state index in [1.165, 1.54) is 12.1 Å². The van der Waals surface area contributed by atoms with Crippen LogP contribution in [0.1, 0.15) is 11.1 Å². The highest BCUT2D eigenvalue weighted by Crippen LogP contribution is 2.22. The fourth-order valence-electron chi connectivity index (χ4n) is 1.89. The standard InChI is InChI=1S/C14H13BrFNO2S/c1-9-5-10(2)7-11(6-9)17-20(18,19)12-3-4-13(15)14(16)8-12/h3-8,17H,1-2H3. The van der Waals surface area contributed by atoms with Crippen LogP contribution in [0.4, 0.5) is 10.1 Å². The normalized spacial score (nSPS) is 11.4. The zero-order valence-corrected chi connectivity index (χ0v) is 13.3. The Morgan fingerprint density at radius 3 is 2.20 bits per heavy atom. The van der Waals surface area contributed by atoms with Crippen LogP contribution in [0.2, 0.25) is 0 Å². The molecule has 0 aliphatic carbocycles. The summed E-state index contributed by atoms with van der Waals surface area (Å²) in [5.74, 6) is -0.617. The summed E-state index contributed by atoms with van der Waals surface area (Å²) in [5.41, 5.74) is 2.36. The van der Waals surface area contributed by atoms with Crippen LogP contribution in [0.25, 0.3) is 0 Å². The van der Waals surface area contributed by atoms with Gasteiger partial charge in [-0.3, -0.25) is 4.72 Å². The second kappa shape index (κ2) is 5.54. The van der Waals surface area contributed by atoms with E-state index in [1.807, 2.05) is 19.9 Å². The number of benzene rings is 2. The van der Waals surface area contributed by atoms with Gasteiger partial charge in [0.2, 0.25) is 0 Å². The molecule has 0 bridgehead atoms. The molecule has 0 unspecified atom stereocenters. The zero-order chi connectivity index (χ0) is 14.9. The van der Waals surface area contributed by atoms with Crippen molar-refractivity contribution >= 4 is 31.6 Å². The highest BCUT2D eigenvalue weighted by Gasteiger charge is 2.16. The van der Waals surface area contributed by atoms with Crippen LogP contribution in [-0.2, 0) is 10.0 Å². The van der Waals surface area contributed by atoms with Gasteiger partial charge in [-0.1, -0.05) is 6.07 Å². The van der Waals surface area contributed by atoms with Crippen molar-refractivity contribution in [2.75, 3.05) is 4.72 Å². The fourth-order valence-corrected chi connectivity index (χ4v) is 3.19. The molecule has 2 rings (SSSR count). The topological polar surface area (TPSA) is 46.2 Å². The van der Waals surface area contributed by atoms with Crippen molar-refractivity contribution in [2.24, 2.45) is 0 Å². The molecular formula is C14H13BrFNO2S. The summed E-state index contributed by atoms with van der Waals surface area (Å²) in [4.78, 5) is -0.114. The zero-order valence-electron chi connectivity index (χ0n) is 10.9. The van der Waals surface area contributed by atoms with E-state index in [2.05, 4.69) is 20.7 Å². The first-order valence-electron chi connectivity index (χ1n) is 5.84. The van der Waals surface area contributed by atoms with Crippen LogP contribution in [0.15, 0.2) is 45.8 Å². The van der Waals surface area contributed by atoms with Crippen molar-refractivity contribution in [1.82, 2.24) is 0 Å². The number of aryl methyl sites for hydroxylation is 2. The Labute approximate surface area is 126 Å². The van der Waals surface area contributed by atoms with Crippen LogP contribution in [0.3, 0.4) is 0 Å². The molecule has 1 N–H and O–H groups in total. The van der Waals surface area contributed by atoms with Crippen molar-refractivity contribution in [1.29, 1.82) is 0 Å². The molecule has 0 fully saturated rings. The first-order chi connectivity index (χ1) is 9.28. The molecule has 0 amide bonds. The number of nitrogens with one attached hydrogen (secondary N) is 1. The minimum absolute atomic E-state index is 0.114. The van der Waals surface area contributed by atoms with Gasteiger partial charge < -0.3 is 0 Å². The molecule has 2 aromatic rings. The molecule has 106 valence electrons. The predicted octanol–water partition coefficient (Wildman–Crippen LogP) is 4.01. The molecule has 0 radical (unpaired) electrons. The van der Waals surface area contributed by atoms with E-state index in [4.69, 9.17) is 0 Å². The average molecular weight is 358 g/mol. The molecule has 0 saturated heterocycles. The van der Waals surface area contributed by atoms with Gasteiger partial charge in [0.05, 0.1) is 9.37 Å². The largest absolute Gasteiger partial charge is 0.280 e. The number of rotatable bonds is 3. The number of hydrogen-bond donors (Lipinski definition) is 1. The highest BCUT2D eigenvalue weighted by molar-refractivity contribution is 9.10. The van der Waals surface area contributed by atoms with E-state index < -0.39 is 15.8 Å². The maximum atomic E-state index is 13.4. The van der Waals surface area contributed by atoms with Gasteiger partial charge in [0.15, 0.2) is 0 Å².